The van der Waals surface area contributed by atoms with Crippen molar-refractivity contribution in [1.29, 1.82) is 0 Å². The van der Waals surface area contributed by atoms with Gasteiger partial charge in [0.2, 0.25) is 0 Å². The van der Waals surface area contributed by atoms with E-state index in [9.17, 15) is 4.79 Å². The van der Waals surface area contributed by atoms with E-state index in [1.54, 1.807) is 0 Å². The van der Waals surface area contributed by atoms with Crippen LogP contribution in [0.4, 0.5) is 4.79 Å². The fourth-order valence-electron chi connectivity index (χ4n) is 2.62. The van der Waals surface area contributed by atoms with Gasteiger partial charge in [0.1, 0.15) is 0 Å². The summed E-state index contributed by atoms with van der Waals surface area (Å²) in [6.07, 6.45) is 3.43. The molecule has 0 aromatic carbocycles. The highest BCUT2D eigenvalue weighted by Gasteiger charge is 2.25. The molecular formula is C13H25N3O2. The second kappa shape index (κ2) is 6.38. The summed E-state index contributed by atoms with van der Waals surface area (Å²) in [5.41, 5.74) is 0. The first kappa shape index (κ1) is 13.6. The van der Waals surface area contributed by atoms with Crippen molar-refractivity contribution in [2.24, 2.45) is 0 Å². The van der Waals surface area contributed by atoms with E-state index in [2.05, 4.69) is 29.4 Å². The maximum atomic E-state index is 11.7. The molecule has 2 fully saturated rings. The van der Waals surface area contributed by atoms with E-state index in [0.717, 1.165) is 39.0 Å². The van der Waals surface area contributed by atoms with E-state index in [-0.39, 0.29) is 18.2 Å². The van der Waals surface area contributed by atoms with Crippen molar-refractivity contribution in [3.8, 4) is 0 Å². The predicted octanol–water partition coefficient (Wildman–Crippen LogP) is 0.947. The van der Waals surface area contributed by atoms with E-state index in [1.807, 2.05) is 0 Å². The fraction of sp³-hybridized carbons (Fsp3) is 0.923. The van der Waals surface area contributed by atoms with Gasteiger partial charge in [-0.15, -0.1) is 0 Å². The van der Waals surface area contributed by atoms with Gasteiger partial charge in [-0.2, -0.15) is 0 Å². The predicted molar refractivity (Wildman–Crippen MR) is 70.6 cm³/mol. The maximum absolute atomic E-state index is 11.7. The molecule has 2 atom stereocenters. The van der Waals surface area contributed by atoms with Crippen molar-refractivity contribution < 1.29 is 9.53 Å². The SMILES string of the molecule is CC(C)N1CC[C@@H](NC(=O)NC[C@@H]2CCCO2)C1. The molecule has 2 amide bonds. The van der Waals surface area contributed by atoms with Gasteiger partial charge in [-0.1, -0.05) is 0 Å². The van der Waals surface area contributed by atoms with Crippen LogP contribution < -0.4 is 10.6 Å². The minimum Gasteiger partial charge on any atom is -0.376 e. The lowest BCUT2D eigenvalue weighted by molar-refractivity contribution is 0.111. The largest absolute Gasteiger partial charge is 0.376 e. The Morgan fingerprint density at radius 1 is 1.44 bits per heavy atom. The summed E-state index contributed by atoms with van der Waals surface area (Å²) >= 11 is 0. The Kier molecular flexibility index (Phi) is 4.83. The van der Waals surface area contributed by atoms with E-state index in [4.69, 9.17) is 4.74 Å². The van der Waals surface area contributed by atoms with Gasteiger partial charge in [0.05, 0.1) is 6.10 Å². The summed E-state index contributed by atoms with van der Waals surface area (Å²) in [5.74, 6) is 0. The number of hydrogen-bond donors (Lipinski definition) is 2. The molecule has 2 saturated heterocycles. The third kappa shape index (κ3) is 3.85. The van der Waals surface area contributed by atoms with Crippen LogP contribution in [0.1, 0.15) is 33.1 Å². The van der Waals surface area contributed by atoms with Crippen LogP contribution in [-0.2, 0) is 4.74 Å². The molecule has 0 aromatic heterocycles. The van der Waals surface area contributed by atoms with Crippen LogP contribution in [0, 0.1) is 0 Å². The zero-order chi connectivity index (χ0) is 13.0. The van der Waals surface area contributed by atoms with Gasteiger partial charge >= 0.3 is 6.03 Å². The molecular weight excluding hydrogens is 230 g/mol. The number of likely N-dealkylation sites (tertiary alicyclic amines) is 1. The van der Waals surface area contributed by atoms with Crippen LogP contribution in [0.5, 0.6) is 0 Å². The molecule has 2 aliphatic rings. The average Bonchev–Trinajstić information content (AvgIpc) is 2.96. The minimum atomic E-state index is -0.0545. The Morgan fingerprint density at radius 3 is 2.89 bits per heavy atom. The standard InChI is InChI=1S/C13H25N3O2/c1-10(2)16-6-5-11(9-16)15-13(17)14-8-12-4-3-7-18-12/h10-12H,3-9H2,1-2H3,(H2,14,15,17)/t11-,12+/m1/s1. The number of hydrogen-bond acceptors (Lipinski definition) is 3. The molecule has 2 aliphatic heterocycles. The average molecular weight is 255 g/mol. The molecule has 2 N–H and O–H groups in total. The first-order valence-electron chi connectivity index (χ1n) is 7.05. The summed E-state index contributed by atoms with van der Waals surface area (Å²) < 4.78 is 5.47. The molecule has 2 rings (SSSR count). The highest BCUT2D eigenvalue weighted by atomic mass is 16.5. The number of amides is 2. The quantitative estimate of drug-likeness (QED) is 0.786. The smallest absolute Gasteiger partial charge is 0.315 e. The Bertz CT molecular complexity index is 277. The van der Waals surface area contributed by atoms with Gasteiger partial charge in [-0.3, -0.25) is 4.90 Å². The first-order chi connectivity index (χ1) is 8.65. The first-order valence-corrected chi connectivity index (χ1v) is 7.05. The summed E-state index contributed by atoms with van der Waals surface area (Å²) in [6, 6.07) is 0.796. The number of carbonyl (C=O) groups excluding carboxylic acids is 1. The van der Waals surface area contributed by atoms with Crippen molar-refractivity contribution in [2.75, 3.05) is 26.2 Å². The topological polar surface area (TPSA) is 53.6 Å². The molecule has 0 unspecified atom stereocenters. The van der Waals surface area contributed by atoms with E-state index >= 15 is 0 Å². The number of rotatable bonds is 4. The number of nitrogens with one attached hydrogen (secondary N) is 2. The zero-order valence-corrected chi connectivity index (χ0v) is 11.4. The maximum Gasteiger partial charge on any atom is 0.315 e. The molecule has 0 saturated carbocycles. The van der Waals surface area contributed by atoms with Crippen LogP contribution in [0.2, 0.25) is 0 Å². The number of ether oxygens (including phenoxy) is 1. The van der Waals surface area contributed by atoms with Crippen molar-refractivity contribution in [3.05, 3.63) is 0 Å². The molecule has 0 radical (unpaired) electrons. The van der Waals surface area contributed by atoms with Crippen LogP contribution >= 0.6 is 0 Å². The normalized spacial score (nSPS) is 28.8. The van der Waals surface area contributed by atoms with Gasteiger partial charge in [-0.05, 0) is 33.1 Å². The van der Waals surface area contributed by atoms with Crippen molar-refractivity contribution in [3.63, 3.8) is 0 Å². The van der Waals surface area contributed by atoms with Crippen molar-refractivity contribution in [1.82, 2.24) is 15.5 Å². The Labute approximate surface area is 109 Å². The monoisotopic (exact) mass is 255 g/mol. The van der Waals surface area contributed by atoms with E-state index in [1.165, 1.54) is 0 Å². The lowest BCUT2D eigenvalue weighted by Crippen LogP contribution is -2.45. The lowest BCUT2D eigenvalue weighted by Gasteiger charge is -2.20. The third-order valence-corrected chi connectivity index (χ3v) is 3.80. The molecule has 5 nitrogen and oxygen atoms in total. The van der Waals surface area contributed by atoms with Gasteiger partial charge in [0.15, 0.2) is 0 Å². The molecule has 5 heteroatoms. The molecule has 0 aliphatic carbocycles. The summed E-state index contributed by atoms with van der Waals surface area (Å²) in [6.45, 7) is 7.89. The summed E-state index contributed by atoms with van der Waals surface area (Å²) in [5, 5.41) is 5.94. The summed E-state index contributed by atoms with van der Waals surface area (Å²) in [7, 11) is 0. The van der Waals surface area contributed by atoms with Gasteiger partial charge in [-0.25, -0.2) is 4.79 Å². The van der Waals surface area contributed by atoms with E-state index < -0.39 is 0 Å². The Hall–Kier alpha value is -0.810. The van der Waals surface area contributed by atoms with Gasteiger partial charge in [0.25, 0.3) is 0 Å². The Balaban J connectivity index is 1.62. The van der Waals surface area contributed by atoms with Crippen LogP contribution in [0.15, 0.2) is 0 Å². The summed E-state index contributed by atoms with van der Waals surface area (Å²) in [4.78, 5) is 14.1. The van der Waals surface area contributed by atoms with Crippen LogP contribution in [0.25, 0.3) is 0 Å². The van der Waals surface area contributed by atoms with Gasteiger partial charge in [0, 0.05) is 38.3 Å². The number of carbonyl (C=O) groups is 1. The highest BCUT2D eigenvalue weighted by molar-refractivity contribution is 5.74. The molecule has 18 heavy (non-hydrogen) atoms. The molecule has 104 valence electrons. The van der Waals surface area contributed by atoms with Gasteiger partial charge < -0.3 is 15.4 Å². The fourth-order valence-corrected chi connectivity index (χ4v) is 2.62. The molecule has 0 aromatic rings. The van der Waals surface area contributed by atoms with Crippen molar-refractivity contribution >= 4 is 6.03 Å². The van der Waals surface area contributed by atoms with Crippen molar-refractivity contribution in [2.45, 2.75) is 51.3 Å². The molecule has 2 heterocycles. The Morgan fingerprint density at radius 2 is 2.28 bits per heavy atom. The van der Waals surface area contributed by atoms with E-state index in [0.29, 0.717) is 12.6 Å². The molecule has 0 spiro atoms. The third-order valence-electron chi connectivity index (χ3n) is 3.80. The van der Waals surface area contributed by atoms with Crippen LogP contribution in [-0.4, -0.2) is 55.4 Å². The number of nitrogens with zero attached hydrogens (tertiary/aromatic N) is 1. The minimum absolute atomic E-state index is 0.0545. The number of urea groups is 1. The molecule has 0 bridgehead atoms. The second-order valence-corrected chi connectivity index (χ2v) is 5.56. The zero-order valence-electron chi connectivity index (χ0n) is 11.4. The lowest BCUT2D eigenvalue weighted by atomic mass is 10.2. The second-order valence-electron chi connectivity index (χ2n) is 5.56. The van der Waals surface area contributed by atoms with Crippen LogP contribution in [0.3, 0.4) is 0 Å². The highest BCUT2D eigenvalue weighted by Crippen LogP contribution is 2.12.